The lowest BCUT2D eigenvalue weighted by atomic mass is 10.2. The number of carbonyl (C=O) groups is 1. The van der Waals surface area contributed by atoms with Crippen LogP contribution in [0.2, 0.25) is 0 Å². The van der Waals surface area contributed by atoms with Crippen molar-refractivity contribution in [3.8, 4) is 17.5 Å². The highest BCUT2D eigenvalue weighted by Crippen LogP contribution is 2.24. The molecule has 2 heterocycles. The quantitative estimate of drug-likeness (QED) is 0.633. The van der Waals surface area contributed by atoms with Crippen molar-refractivity contribution in [3.63, 3.8) is 0 Å². The van der Waals surface area contributed by atoms with Gasteiger partial charge in [-0.1, -0.05) is 24.8 Å². The van der Waals surface area contributed by atoms with Crippen molar-refractivity contribution in [3.05, 3.63) is 54.4 Å². The summed E-state index contributed by atoms with van der Waals surface area (Å²) in [4.78, 5) is 16.3. The molecule has 0 spiro atoms. The number of carbonyl (C=O) groups excluding carboxylic acids is 1. The molecule has 27 heavy (non-hydrogen) atoms. The van der Waals surface area contributed by atoms with Crippen LogP contribution in [0.5, 0.6) is 0 Å². The Morgan fingerprint density at radius 2 is 2.07 bits per heavy atom. The van der Waals surface area contributed by atoms with Crippen LogP contribution in [0.4, 0.5) is 5.69 Å². The molecule has 0 saturated carbocycles. The molecule has 0 bridgehead atoms. The van der Waals surface area contributed by atoms with Crippen LogP contribution >= 0.6 is 11.8 Å². The molecular weight excluding hydrogens is 360 g/mol. The van der Waals surface area contributed by atoms with E-state index in [1.54, 1.807) is 36.7 Å². The summed E-state index contributed by atoms with van der Waals surface area (Å²) in [6.07, 6.45) is 4.36. The van der Waals surface area contributed by atoms with Gasteiger partial charge < -0.3 is 9.88 Å². The van der Waals surface area contributed by atoms with Gasteiger partial charge in [-0.25, -0.2) is 0 Å². The predicted molar refractivity (Wildman–Crippen MR) is 104 cm³/mol. The van der Waals surface area contributed by atoms with E-state index in [0.29, 0.717) is 16.4 Å². The summed E-state index contributed by atoms with van der Waals surface area (Å²) in [6, 6.07) is 12.7. The Morgan fingerprint density at radius 1 is 1.26 bits per heavy atom. The second kappa shape index (κ2) is 8.96. The van der Waals surface area contributed by atoms with E-state index in [0.717, 1.165) is 24.4 Å². The van der Waals surface area contributed by atoms with Gasteiger partial charge in [0.05, 0.1) is 17.4 Å². The molecule has 0 aliphatic carbocycles. The van der Waals surface area contributed by atoms with Crippen LogP contribution in [0.25, 0.3) is 11.4 Å². The monoisotopic (exact) mass is 378 g/mol. The number of amides is 1. The summed E-state index contributed by atoms with van der Waals surface area (Å²) in [6.45, 7) is 2.85. The van der Waals surface area contributed by atoms with Gasteiger partial charge in [0.25, 0.3) is 0 Å². The summed E-state index contributed by atoms with van der Waals surface area (Å²) in [7, 11) is 0. The molecule has 0 unspecified atom stereocenters. The van der Waals surface area contributed by atoms with Gasteiger partial charge in [-0.3, -0.25) is 9.78 Å². The molecule has 0 fully saturated rings. The maximum absolute atomic E-state index is 12.3. The van der Waals surface area contributed by atoms with Crippen molar-refractivity contribution >= 4 is 23.4 Å². The third kappa shape index (κ3) is 4.71. The van der Waals surface area contributed by atoms with Gasteiger partial charge in [0.15, 0.2) is 11.0 Å². The van der Waals surface area contributed by atoms with Gasteiger partial charge in [0.1, 0.15) is 0 Å². The molecule has 1 amide bonds. The average molecular weight is 378 g/mol. The van der Waals surface area contributed by atoms with E-state index in [1.165, 1.54) is 11.8 Å². The lowest BCUT2D eigenvalue weighted by Gasteiger charge is -2.09. The largest absolute Gasteiger partial charge is 0.325 e. The lowest BCUT2D eigenvalue weighted by Crippen LogP contribution is -2.14. The van der Waals surface area contributed by atoms with Crippen LogP contribution in [-0.2, 0) is 11.3 Å². The topological polar surface area (TPSA) is 96.5 Å². The summed E-state index contributed by atoms with van der Waals surface area (Å²) < 4.78 is 2.02. The number of thioether (sulfide) groups is 1. The Balaban J connectivity index is 1.69. The zero-order chi connectivity index (χ0) is 19.1. The van der Waals surface area contributed by atoms with Crippen molar-refractivity contribution in [2.45, 2.75) is 25.0 Å². The van der Waals surface area contributed by atoms with Gasteiger partial charge in [-0.05, 0) is 36.8 Å². The molecule has 1 aromatic carbocycles. The first kappa shape index (κ1) is 18.6. The lowest BCUT2D eigenvalue weighted by molar-refractivity contribution is -0.113. The summed E-state index contributed by atoms with van der Waals surface area (Å²) in [5.41, 5.74) is 2.05. The molecule has 0 radical (unpaired) electrons. The number of aromatic nitrogens is 4. The third-order valence-corrected chi connectivity index (χ3v) is 4.68. The average Bonchev–Trinajstić information content (AvgIpc) is 3.10. The number of pyridine rings is 1. The molecule has 3 aromatic rings. The zero-order valence-corrected chi connectivity index (χ0v) is 15.6. The van der Waals surface area contributed by atoms with E-state index in [2.05, 4.69) is 33.5 Å². The molecule has 7 nitrogen and oxygen atoms in total. The Morgan fingerprint density at radius 3 is 2.81 bits per heavy atom. The fraction of sp³-hybridized carbons (Fsp3) is 0.211. The molecular formula is C19H18N6OS. The highest BCUT2D eigenvalue weighted by Gasteiger charge is 2.15. The van der Waals surface area contributed by atoms with E-state index in [-0.39, 0.29) is 11.7 Å². The number of hydrogen-bond acceptors (Lipinski definition) is 6. The third-order valence-electron chi connectivity index (χ3n) is 3.71. The first-order chi connectivity index (χ1) is 13.2. The van der Waals surface area contributed by atoms with E-state index >= 15 is 0 Å². The van der Waals surface area contributed by atoms with Crippen LogP contribution in [0.3, 0.4) is 0 Å². The van der Waals surface area contributed by atoms with Gasteiger partial charge in [-0.15, -0.1) is 10.2 Å². The predicted octanol–water partition coefficient (Wildman–Crippen LogP) is 3.35. The zero-order valence-electron chi connectivity index (χ0n) is 14.8. The second-order valence-corrected chi connectivity index (χ2v) is 6.67. The first-order valence-corrected chi connectivity index (χ1v) is 9.46. The Labute approximate surface area is 161 Å². The Hall–Kier alpha value is -3.18. The molecule has 0 atom stereocenters. The van der Waals surface area contributed by atoms with E-state index < -0.39 is 0 Å². The Kier molecular flexibility index (Phi) is 6.18. The minimum Gasteiger partial charge on any atom is -0.325 e. The SMILES string of the molecule is CCCn1c(SCC(=O)Nc2cccc(C#N)c2)nnc1-c1ccncc1. The number of nitrogens with one attached hydrogen (secondary N) is 1. The molecule has 0 aliphatic rings. The van der Waals surface area contributed by atoms with Crippen molar-refractivity contribution in [2.24, 2.45) is 0 Å². The maximum atomic E-state index is 12.3. The van der Waals surface area contributed by atoms with Crippen LogP contribution in [0, 0.1) is 11.3 Å². The van der Waals surface area contributed by atoms with Crippen LogP contribution in [0.15, 0.2) is 53.9 Å². The first-order valence-electron chi connectivity index (χ1n) is 8.47. The molecule has 0 aliphatic heterocycles. The summed E-state index contributed by atoms with van der Waals surface area (Å²) in [5, 5.41) is 21.0. The van der Waals surface area contributed by atoms with Crippen LogP contribution in [0.1, 0.15) is 18.9 Å². The minimum absolute atomic E-state index is 0.161. The summed E-state index contributed by atoms with van der Waals surface area (Å²) >= 11 is 1.34. The smallest absolute Gasteiger partial charge is 0.234 e. The molecule has 8 heteroatoms. The van der Waals surface area contributed by atoms with Crippen molar-refractivity contribution in [1.29, 1.82) is 5.26 Å². The maximum Gasteiger partial charge on any atom is 0.234 e. The summed E-state index contributed by atoms with van der Waals surface area (Å²) in [5.74, 6) is 0.810. The Bertz CT molecular complexity index is 964. The number of anilines is 1. The van der Waals surface area contributed by atoms with E-state index in [9.17, 15) is 4.79 Å². The molecule has 2 aromatic heterocycles. The van der Waals surface area contributed by atoms with Gasteiger partial charge in [0.2, 0.25) is 5.91 Å². The van der Waals surface area contributed by atoms with E-state index in [1.807, 2.05) is 16.7 Å². The number of nitrogens with zero attached hydrogens (tertiary/aromatic N) is 5. The van der Waals surface area contributed by atoms with Crippen molar-refractivity contribution < 1.29 is 4.79 Å². The fourth-order valence-corrected chi connectivity index (χ4v) is 3.29. The number of rotatable bonds is 7. The fourth-order valence-electron chi connectivity index (χ4n) is 2.53. The minimum atomic E-state index is -0.161. The van der Waals surface area contributed by atoms with Crippen molar-refractivity contribution in [1.82, 2.24) is 19.7 Å². The standard InChI is InChI=1S/C19H18N6OS/c1-2-10-25-18(15-6-8-21-9-7-15)23-24-19(25)27-13-17(26)22-16-5-3-4-14(11-16)12-20/h3-9,11H,2,10,13H2,1H3,(H,22,26). The van der Waals surface area contributed by atoms with Crippen molar-refractivity contribution in [2.75, 3.05) is 11.1 Å². The molecule has 0 saturated heterocycles. The molecule has 1 N–H and O–H groups in total. The number of hydrogen-bond donors (Lipinski definition) is 1. The second-order valence-electron chi connectivity index (χ2n) is 5.72. The highest BCUT2D eigenvalue weighted by molar-refractivity contribution is 7.99. The van der Waals surface area contributed by atoms with Crippen LogP contribution < -0.4 is 5.32 Å². The molecule has 136 valence electrons. The van der Waals surface area contributed by atoms with Gasteiger partial charge >= 0.3 is 0 Å². The highest BCUT2D eigenvalue weighted by atomic mass is 32.2. The number of nitriles is 1. The normalized spacial score (nSPS) is 10.4. The van der Waals surface area contributed by atoms with Crippen LogP contribution in [-0.4, -0.2) is 31.4 Å². The van der Waals surface area contributed by atoms with Gasteiger partial charge in [-0.2, -0.15) is 5.26 Å². The molecule has 3 rings (SSSR count). The number of benzene rings is 1. The van der Waals surface area contributed by atoms with E-state index in [4.69, 9.17) is 5.26 Å². The van der Waals surface area contributed by atoms with Gasteiger partial charge in [0, 0.05) is 30.2 Å².